The third-order valence-corrected chi connectivity index (χ3v) is 1.12. The van der Waals surface area contributed by atoms with Crippen LogP contribution in [0.2, 0.25) is 0 Å². The van der Waals surface area contributed by atoms with Crippen LogP contribution in [0.15, 0.2) is 24.3 Å². The van der Waals surface area contributed by atoms with E-state index in [0.717, 1.165) is 0 Å². The number of rotatable bonds is 1. The molecule has 1 rings (SSSR count). The average molecular weight is 176 g/mol. The SMILES string of the molecule is CC(=O)Oc1ccccc1O.[H-].[Na+]. The topological polar surface area (TPSA) is 46.5 Å². The standard InChI is InChI=1S/C8H8O3.Na.H/c1-6(9)11-8-5-3-2-4-7(8)10;;/h2-5,10H,1H3;;/q;+1;-1. The molecule has 0 amide bonds. The van der Waals surface area contributed by atoms with Crippen molar-refractivity contribution in [1.82, 2.24) is 0 Å². The number of carbonyl (C=O) groups excluding carboxylic acids is 1. The monoisotopic (exact) mass is 176 g/mol. The van der Waals surface area contributed by atoms with Gasteiger partial charge in [-0.25, -0.2) is 0 Å². The van der Waals surface area contributed by atoms with E-state index in [1.807, 2.05) is 0 Å². The maximum atomic E-state index is 10.4. The fraction of sp³-hybridized carbons (Fsp3) is 0.125. The molecule has 60 valence electrons. The van der Waals surface area contributed by atoms with Crippen molar-refractivity contribution in [3.05, 3.63) is 24.3 Å². The van der Waals surface area contributed by atoms with Gasteiger partial charge in [-0.3, -0.25) is 4.79 Å². The van der Waals surface area contributed by atoms with Crippen molar-refractivity contribution in [1.29, 1.82) is 0 Å². The molecular formula is C8H9NaO3. The summed E-state index contributed by atoms with van der Waals surface area (Å²) < 4.78 is 4.66. The zero-order valence-corrected chi connectivity index (χ0v) is 9.07. The first kappa shape index (κ1) is 11.5. The number of hydrogen-bond acceptors (Lipinski definition) is 3. The number of phenols is 1. The van der Waals surface area contributed by atoms with Gasteiger partial charge in [-0.15, -0.1) is 0 Å². The van der Waals surface area contributed by atoms with Gasteiger partial charge in [-0.1, -0.05) is 12.1 Å². The Morgan fingerprint density at radius 3 is 2.58 bits per heavy atom. The van der Waals surface area contributed by atoms with E-state index in [2.05, 4.69) is 4.74 Å². The Kier molecular flexibility index (Phi) is 4.97. The van der Waals surface area contributed by atoms with E-state index < -0.39 is 5.97 Å². The van der Waals surface area contributed by atoms with E-state index in [-0.39, 0.29) is 42.5 Å². The summed E-state index contributed by atoms with van der Waals surface area (Å²) in [5, 5.41) is 9.08. The zero-order valence-electron chi connectivity index (χ0n) is 8.07. The fourth-order valence-electron chi connectivity index (χ4n) is 0.698. The number of esters is 1. The van der Waals surface area contributed by atoms with Gasteiger partial charge in [0, 0.05) is 6.92 Å². The maximum absolute atomic E-state index is 10.4. The van der Waals surface area contributed by atoms with Gasteiger partial charge in [0.05, 0.1) is 0 Å². The molecule has 0 saturated heterocycles. The van der Waals surface area contributed by atoms with Gasteiger partial charge >= 0.3 is 35.5 Å². The molecule has 3 nitrogen and oxygen atoms in total. The molecule has 1 aromatic carbocycles. The molecule has 12 heavy (non-hydrogen) atoms. The van der Waals surface area contributed by atoms with E-state index in [9.17, 15) is 4.79 Å². The second-order valence-electron chi connectivity index (χ2n) is 2.06. The normalized spacial score (nSPS) is 8.42. The van der Waals surface area contributed by atoms with E-state index in [1.165, 1.54) is 19.1 Å². The predicted molar refractivity (Wildman–Crippen MR) is 40.5 cm³/mol. The number of carbonyl (C=O) groups is 1. The van der Waals surface area contributed by atoms with Crippen LogP contribution in [0, 0.1) is 0 Å². The Morgan fingerprint density at radius 2 is 2.08 bits per heavy atom. The Bertz CT molecular complexity index is 278. The molecule has 0 spiro atoms. The van der Waals surface area contributed by atoms with E-state index in [1.54, 1.807) is 12.1 Å². The summed E-state index contributed by atoms with van der Waals surface area (Å²) >= 11 is 0. The van der Waals surface area contributed by atoms with Crippen molar-refractivity contribution in [3.63, 3.8) is 0 Å². The van der Waals surface area contributed by atoms with Crippen LogP contribution in [-0.2, 0) is 4.79 Å². The van der Waals surface area contributed by atoms with Crippen LogP contribution in [0.5, 0.6) is 11.5 Å². The van der Waals surface area contributed by atoms with Crippen LogP contribution < -0.4 is 34.3 Å². The van der Waals surface area contributed by atoms with Crippen molar-refractivity contribution >= 4 is 5.97 Å². The number of para-hydroxylation sites is 2. The molecule has 1 aromatic rings. The van der Waals surface area contributed by atoms with Gasteiger partial charge in [0.1, 0.15) is 0 Å². The molecule has 0 radical (unpaired) electrons. The van der Waals surface area contributed by atoms with Crippen LogP contribution in [0.4, 0.5) is 0 Å². The Hall–Kier alpha value is -0.510. The number of hydrogen-bond donors (Lipinski definition) is 1. The molecule has 0 fully saturated rings. The minimum Gasteiger partial charge on any atom is -1.00 e. The Morgan fingerprint density at radius 1 is 1.50 bits per heavy atom. The molecular weight excluding hydrogens is 167 g/mol. The van der Waals surface area contributed by atoms with Gasteiger partial charge in [0.25, 0.3) is 0 Å². The number of ether oxygens (including phenoxy) is 1. The predicted octanol–water partition coefficient (Wildman–Crippen LogP) is -1.57. The van der Waals surface area contributed by atoms with Crippen molar-refractivity contribution in [3.8, 4) is 11.5 Å². The van der Waals surface area contributed by atoms with Crippen molar-refractivity contribution in [2.45, 2.75) is 6.92 Å². The van der Waals surface area contributed by atoms with Crippen LogP contribution in [0.3, 0.4) is 0 Å². The fourth-order valence-corrected chi connectivity index (χ4v) is 0.698. The summed E-state index contributed by atoms with van der Waals surface area (Å²) in [5.41, 5.74) is 0. The minimum absolute atomic E-state index is 0. The van der Waals surface area contributed by atoms with Crippen LogP contribution in [0.25, 0.3) is 0 Å². The summed E-state index contributed by atoms with van der Waals surface area (Å²) in [5.74, 6) is -0.269. The van der Waals surface area contributed by atoms with Crippen molar-refractivity contribution < 1.29 is 45.6 Å². The average Bonchev–Trinajstić information content (AvgIpc) is 1.93. The molecule has 0 aromatic heterocycles. The Balaban J connectivity index is 0. The molecule has 0 unspecified atom stereocenters. The van der Waals surface area contributed by atoms with Gasteiger partial charge < -0.3 is 11.3 Å². The number of aromatic hydroxyl groups is 1. The largest absolute Gasteiger partial charge is 1.00 e. The van der Waals surface area contributed by atoms with E-state index in [4.69, 9.17) is 5.11 Å². The van der Waals surface area contributed by atoms with Crippen molar-refractivity contribution in [2.24, 2.45) is 0 Å². The van der Waals surface area contributed by atoms with Crippen molar-refractivity contribution in [2.75, 3.05) is 0 Å². The molecule has 0 aliphatic heterocycles. The number of benzene rings is 1. The third-order valence-electron chi connectivity index (χ3n) is 1.12. The Labute approximate surface area is 94.1 Å². The third kappa shape index (κ3) is 3.26. The summed E-state index contributed by atoms with van der Waals surface area (Å²) in [6, 6.07) is 6.31. The first-order valence-corrected chi connectivity index (χ1v) is 3.16. The first-order chi connectivity index (χ1) is 5.20. The molecule has 0 atom stereocenters. The summed E-state index contributed by atoms with van der Waals surface area (Å²) in [6.07, 6.45) is 0. The molecule has 0 aliphatic rings. The summed E-state index contributed by atoms with van der Waals surface area (Å²) in [4.78, 5) is 10.4. The first-order valence-electron chi connectivity index (χ1n) is 3.16. The smallest absolute Gasteiger partial charge is 1.00 e. The van der Waals surface area contributed by atoms with Gasteiger partial charge in [-0.05, 0) is 12.1 Å². The second-order valence-corrected chi connectivity index (χ2v) is 2.06. The van der Waals surface area contributed by atoms with Crippen LogP contribution in [-0.4, -0.2) is 11.1 Å². The quantitative estimate of drug-likeness (QED) is 0.319. The zero-order chi connectivity index (χ0) is 8.27. The van der Waals surface area contributed by atoms with E-state index in [0.29, 0.717) is 0 Å². The van der Waals surface area contributed by atoms with Crippen LogP contribution >= 0.6 is 0 Å². The molecule has 0 heterocycles. The maximum Gasteiger partial charge on any atom is 1.00 e. The summed E-state index contributed by atoms with van der Waals surface area (Å²) in [6.45, 7) is 1.28. The molecule has 0 saturated carbocycles. The molecule has 1 N–H and O–H groups in total. The molecule has 0 bridgehead atoms. The minimum atomic E-state index is -0.438. The molecule has 4 heteroatoms. The molecule has 0 aliphatic carbocycles. The van der Waals surface area contributed by atoms with Gasteiger partial charge in [0.15, 0.2) is 11.5 Å². The van der Waals surface area contributed by atoms with Crippen LogP contribution in [0.1, 0.15) is 8.35 Å². The summed E-state index contributed by atoms with van der Waals surface area (Å²) in [7, 11) is 0. The van der Waals surface area contributed by atoms with Gasteiger partial charge in [-0.2, -0.15) is 0 Å². The number of phenolic OH excluding ortho intramolecular Hbond substituents is 1. The second kappa shape index (κ2) is 5.19. The van der Waals surface area contributed by atoms with E-state index >= 15 is 0 Å². The van der Waals surface area contributed by atoms with Gasteiger partial charge in [0.2, 0.25) is 0 Å².